The van der Waals surface area contributed by atoms with Gasteiger partial charge in [0.15, 0.2) is 0 Å². The largest absolute Gasteiger partial charge is 0.384 e. The van der Waals surface area contributed by atoms with E-state index in [0.29, 0.717) is 6.54 Å². The van der Waals surface area contributed by atoms with Crippen molar-refractivity contribution in [3.05, 3.63) is 24.3 Å². The molecule has 0 aromatic rings. The van der Waals surface area contributed by atoms with Crippen LogP contribution in [0.2, 0.25) is 0 Å². The number of aliphatic hydroxyl groups is 1. The summed E-state index contributed by atoms with van der Waals surface area (Å²) in [6.07, 6.45) is 8.43. The first-order valence-corrected chi connectivity index (χ1v) is 3.84. The van der Waals surface area contributed by atoms with Crippen LogP contribution in [0.5, 0.6) is 0 Å². The van der Waals surface area contributed by atoms with Crippen LogP contribution < -0.4 is 0 Å². The van der Waals surface area contributed by atoms with Gasteiger partial charge in [-0.15, -0.1) is 0 Å². The molecule has 62 valence electrons. The van der Waals surface area contributed by atoms with E-state index in [2.05, 4.69) is 0 Å². The molecule has 0 amide bonds. The van der Waals surface area contributed by atoms with Gasteiger partial charge in [0, 0.05) is 6.54 Å². The SMILES string of the molecule is CN(C)CC1(O)C=CC=CC1. The Balaban J connectivity index is 2.54. The molecule has 1 aliphatic carbocycles. The standard InChI is InChI=1S/C9H15NO/c1-10(2)8-9(11)6-4-3-5-7-9/h3-6,11H,7-8H2,1-2H3. The van der Waals surface area contributed by atoms with Crippen LogP contribution in [0.15, 0.2) is 24.3 Å². The Hall–Kier alpha value is -0.600. The monoisotopic (exact) mass is 153 g/mol. The summed E-state index contributed by atoms with van der Waals surface area (Å²) in [5.74, 6) is 0. The highest BCUT2D eigenvalue weighted by atomic mass is 16.3. The van der Waals surface area contributed by atoms with E-state index in [1.54, 1.807) is 0 Å². The number of nitrogens with zero attached hydrogens (tertiary/aromatic N) is 1. The van der Waals surface area contributed by atoms with Crippen molar-refractivity contribution in [3.8, 4) is 0 Å². The zero-order valence-electron chi connectivity index (χ0n) is 7.12. The number of hydrogen-bond acceptors (Lipinski definition) is 2. The van der Waals surface area contributed by atoms with Gasteiger partial charge in [-0.1, -0.05) is 24.3 Å². The molecular formula is C9H15NO. The average molecular weight is 153 g/mol. The molecule has 1 unspecified atom stereocenters. The Morgan fingerprint density at radius 3 is 2.64 bits per heavy atom. The fraction of sp³-hybridized carbons (Fsp3) is 0.556. The summed E-state index contributed by atoms with van der Waals surface area (Å²) in [7, 11) is 3.92. The fourth-order valence-corrected chi connectivity index (χ4v) is 1.32. The van der Waals surface area contributed by atoms with Gasteiger partial charge in [-0.25, -0.2) is 0 Å². The summed E-state index contributed by atoms with van der Waals surface area (Å²) in [6.45, 7) is 0.688. The van der Waals surface area contributed by atoms with Crippen LogP contribution in [0.25, 0.3) is 0 Å². The zero-order valence-corrected chi connectivity index (χ0v) is 7.12. The number of rotatable bonds is 2. The van der Waals surface area contributed by atoms with Gasteiger partial charge >= 0.3 is 0 Å². The van der Waals surface area contributed by atoms with Crippen LogP contribution in [0.4, 0.5) is 0 Å². The van der Waals surface area contributed by atoms with E-state index in [-0.39, 0.29) is 0 Å². The van der Waals surface area contributed by atoms with Crippen molar-refractivity contribution in [3.63, 3.8) is 0 Å². The molecule has 0 spiro atoms. The van der Waals surface area contributed by atoms with Crippen molar-refractivity contribution in [2.75, 3.05) is 20.6 Å². The van der Waals surface area contributed by atoms with Crippen LogP contribution in [0.1, 0.15) is 6.42 Å². The van der Waals surface area contributed by atoms with Gasteiger partial charge < -0.3 is 10.0 Å². The minimum absolute atomic E-state index is 0.641. The third-order valence-corrected chi connectivity index (χ3v) is 1.72. The maximum absolute atomic E-state index is 9.86. The van der Waals surface area contributed by atoms with Crippen molar-refractivity contribution >= 4 is 0 Å². The second kappa shape index (κ2) is 3.20. The molecule has 1 aliphatic rings. The third kappa shape index (κ3) is 2.48. The Labute approximate surface area is 67.8 Å². The lowest BCUT2D eigenvalue weighted by Gasteiger charge is -2.28. The van der Waals surface area contributed by atoms with Gasteiger partial charge in [0.1, 0.15) is 0 Å². The Morgan fingerprint density at radius 2 is 2.18 bits per heavy atom. The Kier molecular flexibility index (Phi) is 2.47. The molecule has 11 heavy (non-hydrogen) atoms. The van der Waals surface area contributed by atoms with Gasteiger partial charge in [-0.2, -0.15) is 0 Å². The zero-order chi connectivity index (χ0) is 8.32. The van der Waals surface area contributed by atoms with E-state index in [4.69, 9.17) is 0 Å². The molecule has 0 radical (unpaired) electrons. The molecule has 0 aromatic heterocycles. The Bertz CT molecular complexity index is 184. The highest BCUT2D eigenvalue weighted by Gasteiger charge is 2.23. The number of hydrogen-bond donors (Lipinski definition) is 1. The molecule has 1 atom stereocenters. The van der Waals surface area contributed by atoms with E-state index in [0.717, 1.165) is 6.42 Å². The normalized spacial score (nSPS) is 29.8. The maximum Gasteiger partial charge on any atom is 0.0991 e. The van der Waals surface area contributed by atoms with E-state index >= 15 is 0 Å². The summed E-state index contributed by atoms with van der Waals surface area (Å²) < 4.78 is 0. The Morgan fingerprint density at radius 1 is 1.45 bits per heavy atom. The third-order valence-electron chi connectivity index (χ3n) is 1.72. The molecular weight excluding hydrogens is 138 g/mol. The topological polar surface area (TPSA) is 23.5 Å². The van der Waals surface area contributed by atoms with Gasteiger partial charge in [-0.3, -0.25) is 0 Å². The van der Waals surface area contributed by atoms with Crippen LogP contribution >= 0.6 is 0 Å². The van der Waals surface area contributed by atoms with Crippen LogP contribution in [0.3, 0.4) is 0 Å². The van der Waals surface area contributed by atoms with Crippen LogP contribution in [-0.2, 0) is 0 Å². The maximum atomic E-state index is 9.86. The van der Waals surface area contributed by atoms with E-state index in [1.165, 1.54) is 0 Å². The van der Waals surface area contributed by atoms with Gasteiger partial charge in [0.05, 0.1) is 5.60 Å². The van der Waals surface area contributed by atoms with Crippen molar-refractivity contribution in [1.29, 1.82) is 0 Å². The average Bonchev–Trinajstić information content (AvgIpc) is 1.85. The van der Waals surface area contributed by atoms with E-state index in [9.17, 15) is 5.11 Å². The molecule has 2 heteroatoms. The molecule has 0 saturated heterocycles. The predicted octanol–water partition coefficient (Wildman–Crippen LogP) is 0.795. The van der Waals surface area contributed by atoms with Crippen LogP contribution in [0, 0.1) is 0 Å². The van der Waals surface area contributed by atoms with Gasteiger partial charge in [0.25, 0.3) is 0 Å². The molecule has 1 N–H and O–H groups in total. The smallest absolute Gasteiger partial charge is 0.0991 e. The number of likely N-dealkylation sites (N-methyl/N-ethyl adjacent to an activating group) is 1. The van der Waals surface area contributed by atoms with E-state index in [1.807, 2.05) is 43.3 Å². The molecule has 0 heterocycles. The lowest BCUT2D eigenvalue weighted by molar-refractivity contribution is 0.0634. The quantitative estimate of drug-likeness (QED) is 0.634. The summed E-state index contributed by atoms with van der Waals surface area (Å²) in [4.78, 5) is 1.99. The summed E-state index contributed by atoms with van der Waals surface area (Å²) in [6, 6.07) is 0. The summed E-state index contributed by atoms with van der Waals surface area (Å²) >= 11 is 0. The lowest BCUT2D eigenvalue weighted by Crippen LogP contribution is -2.38. The molecule has 0 fully saturated rings. The molecule has 0 saturated carbocycles. The van der Waals surface area contributed by atoms with Crippen molar-refractivity contribution in [2.24, 2.45) is 0 Å². The molecule has 2 nitrogen and oxygen atoms in total. The number of allylic oxidation sites excluding steroid dienone is 2. The van der Waals surface area contributed by atoms with Gasteiger partial charge in [-0.05, 0) is 20.5 Å². The highest BCUT2D eigenvalue weighted by molar-refractivity contribution is 5.18. The first-order chi connectivity index (χ1) is 5.12. The predicted molar refractivity (Wildman–Crippen MR) is 46.4 cm³/mol. The van der Waals surface area contributed by atoms with Crippen molar-refractivity contribution in [2.45, 2.75) is 12.0 Å². The molecule has 0 aromatic carbocycles. The van der Waals surface area contributed by atoms with Gasteiger partial charge in [0.2, 0.25) is 0 Å². The fourth-order valence-electron chi connectivity index (χ4n) is 1.32. The first-order valence-electron chi connectivity index (χ1n) is 3.84. The minimum atomic E-state index is -0.641. The first kappa shape index (κ1) is 8.50. The lowest BCUT2D eigenvalue weighted by atomic mass is 9.95. The minimum Gasteiger partial charge on any atom is -0.384 e. The second-order valence-electron chi connectivity index (χ2n) is 3.33. The van der Waals surface area contributed by atoms with E-state index < -0.39 is 5.60 Å². The molecule has 0 bridgehead atoms. The summed E-state index contributed by atoms with van der Waals surface area (Å²) in [5, 5.41) is 9.86. The van der Waals surface area contributed by atoms with Crippen LogP contribution in [-0.4, -0.2) is 36.2 Å². The molecule has 1 rings (SSSR count). The highest BCUT2D eigenvalue weighted by Crippen LogP contribution is 2.17. The molecule has 0 aliphatic heterocycles. The van der Waals surface area contributed by atoms with Crippen molar-refractivity contribution < 1.29 is 5.11 Å². The summed E-state index contributed by atoms with van der Waals surface area (Å²) in [5.41, 5.74) is -0.641. The second-order valence-corrected chi connectivity index (χ2v) is 3.33. The van der Waals surface area contributed by atoms with Crippen molar-refractivity contribution in [1.82, 2.24) is 4.90 Å².